The van der Waals surface area contributed by atoms with Crippen molar-refractivity contribution < 1.29 is 19.4 Å². The summed E-state index contributed by atoms with van der Waals surface area (Å²) in [6, 6.07) is 0. The van der Waals surface area contributed by atoms with Crippen molar-refractivity contribution >= 4 is 11.9 Å². The van der Waals surface area contributed by atoms with Gasteiger partial charge in [0.1, 0.15) is 6.10 Å². The maximum atomic E-state index is 12.7. The number of hydrogen-bond acceptors (Lipinski definition) is 3. The van der Waals surface area contributed by atoms with E-state index in [-0.39, 0.29) is 12.0 Å². The van der Waals surface area contributed by atoms with Crippen molar-refractivity contribution in [1.29, 1.82) is 0 Å². The molecule has 5 nitrogen and oxygen atoms in total. The topological polar surface area (TPSA) is 66.8 Å². The molecule has 22 heavy (non-hydrogen) atoms. The first kappa shape index (κ1) is 17.3. The normalized spacial score (nSPS) is 30.8. The van der Waals surface area contributed by atoms with Crippen LogP contribution in [-0.2, 0) is 14.3 Å². The average molecular weight is 311 g/mol. The number of nitrogens with zero attached hydrogens (tertiary/aromatic N) is 1. The highest BCUT2D eigenvalue weighted by molar-refractivity contribution is 5.82. The van der Waals surface area contributed by atoms with E-state index in [0.717, 1.165) is 19.3 Å². The van der Waals surface area contributed by atoms with Crippen LogP contribution in [0.25, 0.3) is 0 Å². The van der Waals surface area contributed by atoms with Crippen molar-refractivity contribution in [1.82, 2.24) is 4.90 Å². The largest absolute Gasteiger partial charge is 0.481 e. The molecular formula is C17H29NO4. The highest BCUT2D eigenvalue weighted by atomic mass is 16.5. The number of carboxylic acids is 1. The predicted molar refractivity (Wildman–Crippen MR) is 83.5 cm³/mol. The van der Waals surface area contributed by atoms with Crippen molar-refractivity contribution in [2.45, 2.75) is 71.0 Å². The lowest BCUT2D eigenvalue weighted by molar-refractivity contribution is -0.154. The fraction of sp³-hybridized carbons (Fsp3) is 0.882. The van der Waals surface area contributed by atoms with E-state index in [0.29, 0.717) is 31.8 Å². The summed E-state index contributed by atoms with van der Waals surface area (Å²) in [7, 11) is 0. The Hall–Kier alpha value is -1.10. The number of piperidine rings is 1. The summed E-state index contributed by atoms with van der Waals surface area (Å²) < 4.78 is 6.08. The molecule has 1 aliphatic heterocycles. The number of likely N-dealkylation sites (tertiary alicyclic amines) is 1. The second-order valence-corrected chi connectivity index (χ2v) is 6.89. The van der Waals surface area contributed by atoms with Crippen molar-refractivity contribution in [3.8, 4) is 0 Å². The number of carbonyl (C=O) groups excluding carboxylic acids is 1. The van der Waals surface area contributed by atoms with Gasteiger partial charge >= 0.3 is 5.97 Å². The molecular weight excluding hydrogens is 282 g/mol. The highest BCUT2D eigenvalue weighted by Gasteiger charge is 2.33. The Balaban J connectivity index is 1.91. The Morgan fingerprint density at radius 3 is 2.68 bits per heavy atom. The lowest BCUT2D eigenvalue weighted by Crippen LogP contribution is -2.48. The molecule has 1 heterocycles. The third-order valence-corrected chi connectivity index (χ3v) is 4.97. The molecule has 2 fully saturated rings. The zero-order valence-electron chi connectivity index (χ0n) is 13.8. The Morgan fingerprint density at radius 1 is 1.27 bits per heavy atom. The van der Waals surface area contributed by atoms with Gasteiger partial charge in [-0.2, -0.15) is 0 Å². The van der Waals surface area contributed by atoms with Gasteiger partial charge in [0.25, 0.3) is 5.91 Å². The number of rotatable bonds is 5. The summed E-state index contributed by atoms with van der Waals surface area (Å²) in [5.74, 6) is -0.582. The van der Waals surface area contributed by atoms with Crippen LogP contribution in [0.15, 0.2) is 0 Å². The molecule has 2 aliphatic rings. The Kier molecular flexibility index (Phi) is 6.24. The molecule has 1 saturated carbocycles. The summed E-state index contributed by atoms with van der Waals surface area (Å²) >= 11 is 0. The van der Waals surface area contributed by atoms with E-state index >= 15 is 0 Å². The SMILES string of the molecule is CCC(OC1CCCC(C)C1)C(=O)N1CCCC(C(=O)O)C1. The molecule has 0 radical (unpaired) electrons. The van der Waals surface area contributed by atoms with Crippen LogP contribution < -0.4 is 0 Å². The molecule has 1 amide bonds. The highest BCUT2D eigenvalue weighted by Crippen LogP contribution is 2.28. The van der Waals surface area contributed by atoms with Gasteiger partial charge in [0.15, 0.2) is 0 Å². The monoisotopic (exact) mass is 311 g/mol. The lowest BCUT2D eigenvalue weighted by atomic mass is 9.88. The van der Waals surface area contributed by atoms with Gasteiger partial charge in [-0.25, -0.2) is 0 Å². The standard InChI is InChI=1S/C17H29NO4/c1-3-15(22-14-8-4-6-12(2)10-14)16(19)18-9-5-7-13(11-18)17(20)21/h12-15H,3-11H2,1-2H3,(H,20,21). The first-order valence-corrected chi connectivity index (χ1v) is 8.68. The van der Waals surface area contributed by atoms with Crippen LogP contribution in [0, 0.1) is 11.8 Å². The molecule has 1 N–H and O–H groups in total. The van der Waals surface area contributed by atoms with Crippen LogP contribution in [0.5, 0.6) is 0 Å². The van der Waals surface area contributed by atoms with E-state index in [1.54, 1.807) is 4.90 Å². The van der Waals surface area contributed by atoms with Gasteiger partial charge in [-0.1, -0.05) is 26.7 Å². The van der Waals surface area contributed by atoms with Crippen molar-refractivity contribution in [2.24, 2.45) is 11.8 Å². The second-order valence-electron chi connectivity index (χ2n) is 6.89. The Bertz CT molecular complexity index is 398. The van der Waals surface area contributed by atoms with Gasteiger partial charge in [0.2, 0.25) is 0 Å². The summed E-state index contributed by atoms with van der Waals surface area (Å²) in [6.45, 7) is 5.19. The lowest BCUT2D eigenvalue weighted by Gasteiger charge is -2.35. The first-order chi connectivity index (χ1) is 10.5. The zero-order valence-corrected chi connectivity index (χ0v) is 13.8. The van der Waals surface area contributed by atoms with Crippen LogP contribution in [0.2, 0.25) is 0 Å². The molecule has 0 aromatic heterocycles. The molecule has 0 aromatic carbocycles. The number of ether oxygens (including phenoxy) is 1. The van der Waals surface area contributed by atoms with Gasteiger partial charge in [-0.3, -0.25) is 9.59 Å². The Morgan fingerprint density at radius 2 is 2.05 bits per heavy atom. The molecule has 1 aliphatic carbocycles. The maximum absolute atomic E-state index is 12.7. The fourth-order valence-corrected chi connectivity index (χ4v) is 3.65. The number of hydrogen-bond donors (Lipinski definition) is 1. The average Bonchev–Trinajstić information content (AvgIpc) is 2.52. The molecule has 4 atom stereocenters. The van der Waals surface area contributed by atoms with Gasteiger partial charge in [-0.05, 0) is 38.0 Å². The predicted octanol–water partition coefficient (Wildman–Crippen LogP) is 2.68. The summed E-state index contributed by atoms with van der Waals surface area (Å²) in [6.07, 6.45) is 6.32. The van der Waals surface area contributed by atoms with Crippen LogP contribution in [0.4, 0.5) is 0 Å². The smallest absolute Gasteiger partial charge is 0.308 e. The minimum atomic E-state index is -0.799. The van der Waals surface area contributed by atoms with Crippen molar-refractivity contribution in [2.75, 3.05) is 13.1 Å². The minimum Gasteiger partial charge on any atom is -0.481 e. The molecule has 4 unspecified atom stereocenters. The van der Waals surface area contributed by atoms with Crippen LogP contribution in [-0.4, -0.2) is 47.2 Å². The van der Waals surface area contributed by atoms with E-state index in [9.17, 15) is 9.59 Å². The van der Waals surface area contributed by atoms with Crippen molar-refractivity contribution in [3.63, 3.8) is 0 Å². The van der Waals surface area contributed by atoms with E-state index in [1.165, 1.54) is 12.8 Å². The first-order valence-electron chi connectivity index (χ1n) is 8.68. The third kappa shape index (κ3) is 4.45. The van der Waals surface area contributed by atoms with E-state index < -0.39 is 18.0 Å². The molecule has 5 heteroatoms. The van der Waals surface area contributed by atoms with Gasteiger partial charge in [0, 0.05) is 13.1 Å². The quantitative estimate of drug-likeness (QED) is 0.847. The third-order valence-electron chi connectivity index (χ3n) is 4.97. The molecule has 1 saturated heterocycles. The number of aliphatic carboxylic acids is 1. The maximum Gasteiger partial charge on any atom is 0.308 e. The number of carboxylic acid groups (broad SMARTS) is 1. The molecule has 0 spiro atoms. The van der Waals surface area contributed by atoms with Gasteiger partial charge in [-0.15, -0.1) is 0 Å². The van der Waals surface area contributed by atoms with Crippen LogP contribution in [0.3, 0.4) is 0 Å². The zero-order chi connectivity index (χ0) is 16.1. The van der Waals surface area contributed by atoms with Gasteiger partial charge in [0.05, 0.1) is 12.0 Å². The van der Waals surface area contributed by atoms with E-state index in [4.69, 9.17) is 9.84 Å². The number of carbonyl (C=O) groups is 2. The molecule has 126 valence electrons. The fourth-order valence-electron chi connectivity index (χ4n) is 3.65. The summed E-state index contributed by atoms with van der Waals surface area (Å²) in [4.78, 5) is 25.5. The number of amides is 1. The molecule has 2 rings (SSSR count). The minimum absolute atomic E-state index is 0.0216. The van der Waals surface area contributed by atoms with Crippen molar-refractivity contribution in [3.05, 3.63) is 0 Å². The summed E-state index contributed by atoms with van der Waals surface area (Å²) in [5, 5.41) is 9.15. The van der Waals surface area contributed by atoms with Crippen LogP contribution >= 0.6 is 0 Å². The van der Waals surface area contributed by atoms with E-state index in [2.05, 4.69) is 6.92 Å². The molecule has 0 aromatic rings. The van der Waals surface area contributed by atoms with Crippen LogP contribution in [0.1, 0.15) is 58.8 Å². The van der Waals surface area contributed by atoms with Gasteiger partial charge < -0.3 is 14.7 Å². The second kappa shape index (κ2) is 7.95. The summed E-state index contributed by atoms with van der Waals surface area (Å²) in [5.41, 5.74) is 0. The molecule has 0 bridgehead atoms. The van der Waals surface area contributed by atoms with E-state index in [1.807, 2.05) is 6.92 Å². The Labute approximate surface area is 133 Å².